The fourth-order valence-electron chi connectivity index (χ4n) is 5.35. The van der Waals surface area contributed by atoms with Gasteiger partial charge in [-0.25, -0.2) is 18.2 Å². The highest BCUT2D eigenvalue weighted by Gasteiger charge is 2.48. The number of carbonyl (C=O) groups is 1. The summed E-state index contributed by atoms with van der Waals surface area (Å²) in [6, 6.07) is 6.89. The van der Waals surface area contributed by atoms with Crippen LogP contribution in [0.4, 0.5) is 24.8 Å². The maximum absolute atomic E-state index is 15.7. The molecule has 0 bridgehead atoms. The molecule has 1 aliphatic heterocycles. The van der Waals surface area contributed by atoms with Gasteiger partial charge in [0.2, 0.25) is 0 Å². The SMILES string of the molecule is Cc1cc(Nc2cc(C3(O)CC3)c(F)c(C[C@@]3(C(=O)O)CCN(Cc4cccc(F)c4F)[C@H](C)C3)n2)n[nH]1. The predicted octanol–water partition coefficient (Wildman–Crippen LogP) is 4.55. The van der Waals surface area contributed by atoms with E-state index in [1.54, 1.807) is 6.07 Å². The molecule has 0 radical (unpaired) electrons. The topological polar surface area (TPSA) is 114 Å². The lowest BCUT2D eigenvalue weighted by Gasteiger charge is -2.43. The van der Waals surface area contributed by atoms with Crippen molar-refractivity contribution >= 4 is 17.6 Å². The minimum absolute atomic E-state index is 0.0446. The molecule has 2 fully saturated rings. The number of H-pyrrole nitrogens is 1. The van der Waals surface area contributed by atoms with Crippen LogP contribution in [-0.4, -0.2) is 48.9 Å². The van der Waals surface area contributed by atoms with Crippen molar-refractivity contribution in [3.05, 3.63) is 70.3 Å². The molecule has 2 aromatic heterocycles. The molecule has 0 unspecified atom stereocenters. The normalized spacial score (nSPS) is 22.8. The first kappa shape index (κ1) is 26.2. The number of aliphatic hydroxyl groups is 1. The summed E-state index contributed by atoms with van der Waals surface area (Å²) in [5, 5.41) is 31.0. The molecule has 1 aromatic carbocycles. The number of aryl methyl sites for hydroxylation is 1. The van der Waals surface area contributed by atoms with Gasteiger partial charge in [0.1, 0.15) is 5.82 Å². The van der Waals surface area contributed by atoms with E-state index in [2.05, 4.69) is 20.5 Å². The van der Waals surface area contributed by atoms with Gasteiger partial charge in [0, 0.05) is 41.9 Å². The third kappa shape index (κ3) is 5.00. The Hall–Kier alpha value is -3.44. The molecule has 5 rings (SSSR count). The minimum Gasteiger partial charge on any atom is -0.481 e. The lowest BCUT2D eigenvalue weighted by Crippen LogP contribution is -2.50. The van der Waals surface area contributed by atoms with Crippen molar-refractivity contribution in [1.29, 1.82) is 0 Å². The van der Waals surface area contributed by atoms with Crippen molar-refractivity contribution in [2.24, 2.45) is 5.41 Å². The molecule has 2 aliphatic rings. The van der Waals surface area contributed by atoms with Gasteiger partial charge >= 0.3 is 5.97 Å². The van der Waals surface area contributed by atoms with Crippen LogP contribution in [0, 0.1) is 29.8 Å². The van der Waals surface area contributed by atoms with Crippen LogP contribution in [0.15, 0.2) is 30.3 Å². The molecule has 8 nitrogen and oxygen atoms in total. The molecule has 0 amide bonds. The molecule has 3 heterocycles. The molecule has 1 saturated carbocycles. The summed E-state index contributed by atoms with van der Waals surface area (Å²) >= 11 is 0. The molecule has 11 heteroatoms. The quantitative estimate of drug-likeness (QED) is 0.338. The van der Waals surface area contributed by atoms with E-state index in [0.29, 0.717) is 25.2 Å². The highest BCUT2D eigenvalue weighted by atomic mass is 19.2. The van der Waals surface area contributed by atoms with Crippen LogP contribution in [0.25, 0.3) is 0 Å². The Morgan fingerprint density at radius 3 is 2.58 bits per heavy atom. The number of carboxylic acids is 1. The van der Waals surface area contributed by atoms with E-state index >= 15 is 4.39 Å². The summed E-state index contributed by atoms with van der Waals surface area (Å²) in [7, 11) is 0. The number of halogens is 3. The van der Waals surface area contributed by atoms with Gasteiger partial charge in [0.25, 0.3) is 0 Å². The second kappa shape index (κ2) is 9.70. The van der Waals surface area contributed by atoms with Crippen LogP contribution < -0.4 is 5.32 Å². The Kier molecular flexibility index (Phi) is 6.68. The number of aromatic nitrogens is 3. The number of pyridine rings is 1. The van der Waals surface area contributed by atoms with E-state index in [1.165, 1.54) is 18.2 Å². The molecule has 202 valence electrons. The minimum atomic E-state index is -1.32. The highest BCUT2D eigenvalue weighted by Crippen LogP contribution is 2.48. The number of rotatable bonds is 8. The maximum atomic E-state index is 15.7. The monoisotopic (exact) mass is 529 g/mol. The Labute approximate surface area is 217 Å². The third-order valence-electron chi connectivity index (χ3n) is 7.76. The van der Waals surface area contributed by atoms with Crippen molar-refractivity contribution in [3.8, 4) is 0 Å². The van der Waals surface area contributed by atoms with Crippen LogP contribution in [-0.2, 0) is 23.4 Å². The molecule has 38 heavy (non-hydrogen) atoms. The van der Waals surface area contributed by atoms with E-state index in [1.807, 2.05) is 18.7 Å². The van der Waals surface area contributed by atoms with Gasteiger partial charge in [-0.2, -0.15) is 5.10 Å². The molecule has 1 aliphatic carbocycles. The van der Waals surface area contributed by atoms with Crippen molar-refractivity contribution in [2.75, 3.05) is 11.9 Å². The van der Waals surface area contributed by atoms with Crippen LogP contribution in [0.5, 0.6) is 0 Å². The second-order valence-electron chi connectivity index (χ2n) is 10.7. The summed E-state index contributed by atoms with van der Waals surface area (Å²) in [5.74, 6) is -2.90. The van der Waals surface area contributed by atoms with Gasteiger partial charge in [0.05, 0.1) is 16.7 Å². The zero-order chi connectivity index (χ0) is 27.2. The maximum Gasteiger partial charge on any atom is 0.310 e. The molecule has 4 N–H and O–H groups in total. The number of nitrogens with zero attached hydrogens (tertiary/aromatic N) is 3. The first-order valence-electron chi connectivity index (χ1n) is 12.6. The number of piperidine rings is 1. The fourth-order valence-corrected chi connectivity index (χ4v) is 5.35. The molecule has 1 saturated heterocycles. The van der Waals surface area contributed by atoms with Crippen molar-refractivity contribution < 1.29 is 28.2 Å². The van der Waals surface area contributed by atoms with Crippen LogP contribution >= 0.6 is 0 Å². The van der Waals surface area contributed by atoms with Gasteiger partial charge in [-0.05, 0) is 58.2 Å². The number of likely N-dealkylation sites (tertiary alicyclic amines) is 1. The second-order valence-corrected chi connectivity index (χ2v) is 10.7. The number of carboxylic acid groups (broad SMARTS) is 1. The van der Waals surface area contributed by atoms with Crippen LogP contribution in [0.3, 0.4) is 0 Å². The standard InChI is InChI=1S/C27H30F3N5O3/c1-15-10-22(34-33-15)32-21-11-18(27(38)6-7-27)24(30)20(31-21)13-26(25(36)37)8-9-35(16(2)12-26)14-17-4-3-5-19(28)23(17)29/h3-5,10-11,16,38H,6-9,12-14H2,1-2H3,(H,36,37)(H2,31,32,33,34)/t16-,26-/m1/s1. The lowest BCUT2D eigenvalue weighted by atomic mass is 9.72. The zero-order valence-electron chi connectivity index (χ0n) is 21.2. The van der Waals surface area contributed by atoms with E-state index in [9.17, 15) is 23.8 Å². The van der Waals surface area contributed by atoms with Crippen LogP contribution in [0.1, 0.15) is 55.1 Å². The van der Waals surface area contributed by atoms with E-state index in [4.69, 9.17) is 0 Å². The summed E-state index contributed by atoms with van der Waals surface area (Å²) in [6.45, 7) is 4.08. The summed E-state index contributed by atoms with van der Waals surface area (Å²) in [6.07, 6.45) is 0.956. The lowest BCUT2D eigenvalue weighted by molar-refractivity contribution is -0.153. The molecule has 3 aromatic rings. The number of hydrogen-bond donors (Lipinski definition) is 4. The first-order valence-corrected chi connectivity index (χ1v) is 12.6. The smallest absolute Gasteiger partial charge is 0.310 e. The molecule has 2 atom stereocenters. The Balaban J connectivity index is 1.42. The van der Waals surface area contributed by atoms with E-state index in [-0.39, 0.29) is 54.5 Å². The average Bonchev–Trinajstić information content (AvgIpc) is 3.48. The number of hydrogen-bond acceptors (Lipinski definition) is 6. The van der Waals surface area contributed by atoms with E-state index < -0.39 is 34.4 Å². The van der Waals surface area contributed by atoms with Crippen LogP contribution in [0.2, 0.25) is 0 Å². The Morgan fingerprint density at radius 1 is 1.18 bits per heavy atom. The third-order valence-corrected chi connectivity index (χ3v) is 7.76. The number of anilines is 2. The average molecular weight is 530 g/mol. The summed E-state index contributed by atoms with van der Waals surface area (Å²) in [5.41, 5.74) is -1.58. The summed E-state index contributed by atoms with van der Waals surface area (Å²) in [4.78, 5) is 18.9. The largest absolute Gasteiger partial charge is 0.481 e. The van der Waals surface area contributed by atoms with Crippen molar-refractivity contribution in [1.82, 2.24) is 20.1 Å². The number of aliphatic carboxylic acids is 1. The number of nitrogens with one attached hydrogen (secondary N) is 2. The van der Waals surface area contributed by atoms with Crippen molar-refractivity contribution in [3.63, 3.8) is 0 Å². The van der Waals surface area contributed by atoms with Gasteiger partial charge in [-0.3, -0.25) is 14.8 Å². The molecular formula is C27H30F3N5O3. The molecular weight excluding hydrogens is 499 g/mol. The Morgan fingerprint density at radius 2 is 1.95 bits per heavy atom. The highest BCUT2D eigenvalue weighted by molar-refractivity contribution is 5.75. The zero-order valence-corrected chi connectivity index (χ0v) is 21.2. The molecule has 0 spiro atoms. The van der Waals surface area contributed by atoms with Gasteiger partial charge in [-0.15, -0.1) is 0 Å². The fraction of sp³-hybridized carbons (Fsp3) is 0.444. The Bertz CT molecular complexity index is 1380. The van der Waals surface area contributed by atoms with Gasteiger partial charge < -0.3 is 15.5 Å². The number of benzene rings is 1. The van der Waals surface area contributed by atoms with E-state index in [0.717, 1.165) is 11.8 Å². The van der Waals surface area contributed by atoms with Gasteiger partial charge in [-0.1, -0.05) is 12.1 Å². The van der Waals surface area contributed by atoms with Gasteiger partial charge in [0.15, 0.2) is 23.3 Å². The number of aromatic amines is 1. The summed E-state index contributed by atoms with van der Waals surface area (Å²) < 4.78 is 43.7. The predicted molar refractivity (Wildman–Crippen MR) is 133 cm³/mol. The van der Waals surface area contributed by atoms with Crippen molar-refractivity contribution in [2.45, 2.75) is 64.1 Å². The first-order chi connectivity index (χ1) is 18.0.